The Labute approximate surface area is 153 Å². The van der Waals surface area contributed by atoms with Gasteiger partial charge in [-0.1, -0.05) is 23.7 Å². The third kappa shape index (κ3) is 4.89. The van der Waals surface area contributed by atoms with E-state index in [1.165, 1.54) is 5.69 Å². The number of nitrogens with zero attached hydrogens (tertiary/aromatic N) is 1. The van der Waals surface area contributed by atoms with Gasteiger partial charge in [-0.05, 0) is 54.3 Å². The van der Waals surface area contributed by atoms with E-state index in [-0.39, 0.29) is 5.91 Å². The molecule has 0 spiro atoms. The Hall–Kier alpha value is -2.20. The van der Waals surface area contributed by atoms with Crippen LogP contribution in [0.15, 0.2) is 48.5 Å². The van der Waals surface area contributed by atoms with Crippen molar-refractivity contribution in [2.24, 2.45) is 5.92 Å². The summed E-state index contributed by atoms with van der Waals surface area (Å²) in [6, 6.07) is 15.5. The summed E-state index contributed by atoms with van der Waals surface area (Å²) >= 11 is 5.86. The molecular formula is C20H23ClN2O2. The normalized spacial score (nSPS) is 16.7. The number of rotatable bonds is 6. The van der Waals surface area contributed by atoms with Crippen molar-refractivity contribution in [3.8, 4) is 5.75 Å². The number of hydrogen-bond donors (Lipinski definition) is 1. The average molecular weight is 359 g/mol. The maximum atomic E-state index is 12.1. The van der Waals surface area contributed by atoms with E-state index in [1.54, 1.807) is 7.11 Å². The first-order chi connectivity index (χ1) is 12.1. The van der Waals surface area contributed by atoms with Gasteiger partial charge in [-0.2, -0.15) is 0 Å². The molecule has 0 saturated carbocycles. The number of methoxy groups -OCH3 is 1. The molecule has 1 aliphatic rings. The van der Waals surface area contributed by atoms with Crippen LogP contribution >= 0.6 is 11.6 Å². The Kier molecular flexibility index (Phi) is 5.82. The number of benzene rings is 2. The minimum absolute atomic E-state index is 0.0604. The lowest BCUT2D eigenvalue weighted by Gasteiger charge is -2.19. The van der Waals surface area contributed by atoms with Crippen LogP contribution in [0.3, 0.4) is 0 Å². The van der Waals surface area contributed by atoms with Crippen molar-refractivity contribution >= 4 is 23.2 Å². The molecule has 5 heteroatoms. The number of anilines is 1. The van der Waals surface area contributed by atoms with Crippen molar-refractivity contribution < 1.29 is 9.53 Å². The smallest absolute Gasteiger partial charge is 0.224 e. The fourth-order valence-electron chi connectivity index (χ4n) is 3.14. The predicted molar refractivity (Wildman–Crippen MR) is 101 cm³/mol. The van der Waals surface area contributed by atoms with Crippen LogP contribution in [0.5, 0.6) is 5.75 Å². The molecule has 1 atom stereocenters. The standard InChI is InChI=1S/C20H23ClN2O2/c1-25-19-8-6-18(7-9-19)23-11-10-16(14-23)13-22-20(24)12-15-2-4-17(21)5-3-15/h2-9,16H,10-14H2,1H3,(H,22,24). The second kappa shape index (κ2) is 8.26. The molecule has 0 radical (unpaired) electrons. The van der Waals surface area contributed by atoms with Crippen LogP contribution in [0.1, 0.15) is 12.0 Å². The lowest BCUT2D eigenvalue weighted by Crippen LogP contribution is -2.32. The van der Waals surface area contributed by atoms with Gasteiger partial charge in [0.15, 0.2) is 0 Å². The number of nitrogens with one attached hydrogen (secondary N) is 1. The van der Waals surface area contributed by atoms with Gasteiger partial charge in [-0.15, -0.1) is 0 Å². The van der Waals surface area contributed by atoms with Gasteiger partial charge in [-0.3, -0.25) is 4.79 Å². The third-order valence-corrected chi connectivity index (χ3v) is 4.84. The molecule has 1 heterocycles. The van der Waals surface area contributed by atoms with Crippen molar-refractivity contribution in [1.29, 1.82) is 0 Å². The molecule has 1 aliphatic heterocycles. The van der Waals surface area contributed by atoms with Crippen LogP contribution in [0.2, 0.25) is 5.02 Å². The van der Waals surface area contributed by atoms with Crippen molar-refractivity contribution in [2.45, 2.75) is 12.8 Å². The number of carbonyl (C=O) groups excluding carboxylic acids is 1. The largest absolute Gasteiger partial charge is 0.497 e. The van der Waals surface area contributed by atoms with Crippen molar-refractivity contribution in [2.75, 3.05) is 31.6 Å². The first-order valence-electron chi connectivity index (χ1n) is 8.54. The Bertz CT molecular complexity index is 701. The molecule has 0 aliphatic carbocycles. The van der Waals surface area contributed by atoms with Gasteiger partial charge in [0.25, 0.3) is 0 Å². The molecule has 1 amide bonds. The Balaban J connectivity index is 1.44. The fourth-order valence-corrected chi connectivity index (χ4v) is 3.26. The lowest BCUT2D eigenvalue weighted by molar-refractivity contribution is -0.120. The number of ether oxygens (including phenoxy) is 1. The molecule has 4 nitrogen and oxygen atoms in total. The van der Waals surface area contributed by atoms with E-state index in [1.807, 2.05) is 36.4 Å². The molecule has 132 valence electrons. The zero-order valence-electron chi connectivity index (χ0n) is 14.4. The Morgan fingerprint density at radius 2 is 1.92 bits per heavy atom. The van der Waals surface area contributed by atoms with Crippen LogP contribution < -0.4 is 15.0 Å². The minimum Gasteiger partial charge on any atom is -0.497 e. The van der Waals surface area contributed by atoms with Gasteiger partial charge in [0.1, 0.15) is 5.75 Å². The van der Waals surface area contributed by atoms with Gasteiger partial charge in [0.05, 0.1) is 13.5 Å². The Morgan fingerprint density at radius 1 is 1.20 bits per heavy atom. The maximum Gasteiger partial charge on any atom is 0.224 e. The van der Waals surface area contributed by atoms with Crippen LogP contribution in [0.4, 0.5) is 5.69 Å². The average Bonchev–Trinajstić information content (AvgIpc) is 3.11. The zero-order chi connectivity index (χ0) is 17.6. The molecule has 1 N–H and O–H groups in total. The first-order valence-corrected chi connectivity index (χ1v) is 8.92. The maximum absolute atomic E-state index is 12.1. The molecule has 0 bridgehead atoms. The van der Waals surface area contributed by atoms with E-state index in [0.29, 0.717) is 17.4 Å². The van der Waals surface area contributed by atoms with Crippen molar-refractivity contribution in [3.05, 3.63) is 59.1 Å². The van der Waals surface area contributed by atoms with Crippen LogP contribution in [-0.2, 0) is 11.2 Å². The number of hydrogen-bond acceptors (Lipinski definition) is 3. The SMILES string of the molecule is COc1ccc(N2CCC(CNC(=O)Cc3ccc(Cl)cc3)C2)cc1. The molecule has 1 fully saturated rings. The van der Waals surface area contributed by atoms with Gasteiger partial charge in [-0.25, -0.2) is 0 Å². The highest BCUT2D eigenvalue weighted by molar-refractivity contribution is 6.30. The molecule has 1 saturated heterocycles. The second-order valence-electron chi connectivity index (χ2n) is 6.41. The number of halogens is 1. The summed E-state index contributed by atoms with van der Waals surface area (Å²) in [4.78, 5) is 14.5. The fraction of sp³-hybridized carbons (Fsp3) is 0.350. The van der Waals surface area contributed by atoms with E-state index in [4.69, 9.17) is 16.3 Å². The lowest BCUT2D eigenvalue weighted by atomic mass is 10.1. The van der Waals surface area contributed by atoms with E-state index in [9.17, 15) is 4.79 Å². The molecule has 1 unspecified atom stereocenters. The van der Waals surface area contributed by atoms with Gasteiger partial charge in [0, 0.05) is 30.3 Å². The predicted octanol–water partition coefficient (Wildman–Crippen LogP) is 3.53. The molecule has 2 aromatic carbocycles. The van der Waals surface area contributed by atoms with Crippen LogP contribution in [0, 0.1) is 5.92 Å². The van der Waals surface area contributed by atoms with E-state index >= 15 is 0 Å². The number of amides is 1. The van der Waals surface area contributed by atoms with Crippen molar-refractivity contribution in [3.63, 3.8) is 0 Å². The van der Waals surface area contributed by atoms with E-state index < -0.39 is 0 Å². The zero-order valence-corrected chi connectivity index (χ0v) is 15.1. The summed E-state index contributed by atoms with van der Waals surface area (Å²) in [6.07, 6.45) is 1.49. The monoisotopic (exact) mass is 358 g/mol. The highest BCUT2D eigenvalue weighted by Crippen LogP contribution is 2.25. The third-order valence-electron chi connectivity index (χ3n) is 4.59. The molecule has 0 aromatic heterocycles. The van der Waals surface area contributed by atoms with Gasteiger partial charge >= 0.3 is 0 Å². The minimum atomic E-state index is 0.0604. The van der Waals surface area contributed by atoms with Crippen LogP contribution in [0.25, 0.3) is 0 Å². The summed E-state index contributed by atoms with van der Waals surface area (Å²) in [7, 11) is 1.67. The van der Waals surface area contributed by atoms with Crippen molar-refractivity contribution in [1.82, 2.24) is 5.32 Å². The second-order valence-corrected chi connectivity index (χ2v) is 6.84. The summed E-state index contributed by atoms with van der Waals surface area (Å²) in [5, 5.41) is 3.75. The molecule has 3 rings (SSSR count). The Morgan fingerprint density at radius 3 is 2.60 bits per heavy atom. The van der Waals surface area contributed by atoms with E-state index in [0.717, 1.165) is 37.4 Å². The number of carbonyl (C=O) groups is 1. The molecular weight excluding hydrogens is 336 g/mol. The summed E-state index contributed by atoms with van der Waals surface area (Å²) in [5.74, 6) is 1.41. The van der Waals surface area contributed by atoms with Gasteiger partial charge < -0.3 is 15.0 Å². The summed E-state index contributed by atoms with van der Waals surface area (Å²) in [6.45, 7) is 2.71. The summed E-state index contributed by atoms with van der Waals surface area (Å²) < 4.78 is 5.20. The summed E-state index contributed by atoms with van der Waals surface area (Å²) in [5.41, 5.74) is 2.18. The molecule has 2 aromatic rings. The topological polar surface area (TPSA) is 41.6 Å². The van der Waals surface area contributed by atoms with Crippen LogP contribution in [-0.4, -0.2) is 32.7 Å². The highest BCUT2D eigenvalue weighted by Gasteiger charge is 2.23. The van der Waals surface area contributed by atoms with Gasteiger partial charge in [0.2, 0.25) is 5.91 Å². The van der Waals surface area contributed by atoms with E-state index in [2.05, 4.69) is 22.3 Å². The quantitative estimate of drug-likeness (QED) is 0.858. The first kappa shape index (κ1) is 17.6. The molecule has 25 heavy (non-hydrogen) atoms. The highest BCUT2D eigenvalue weighted by atomic mass is 35.5.